The molecule has 2 rings (SSSR count). The highest BCUT2D eigenvalue weighted by atomic mass is 16.2. The van der Waals surface area contributed by atoms with Gasteiger partial charge in [0.1, 0.15) is 0 Å². The molecule has 2 amide bonds. The van der Waals surface area contributed by atoms with Gasteiger partial charge in [0, 0.05) is 29.9 Å². The maximum Gasteiger partial charge on any atom is 0.258 e. The van der Waals surface area contributed by atoms with Gasteiger partial charge in [-0.05, 0) is 55.7 Å². The zero-order valence-corrected chi connectivity index (χ0v) is 15.4. The summed E-state index contributed by atoms with van der Waals surface area (Å²) in [6, 6.07) is 14.7. The van der Waals surface area contributed by atoms with Crippen molar-refractivity contribution < 1.29 is 9.59 Å². The molecule has 1 N–H and O–H groups in total. The first-order valence-corrected chi connectivity index (χ1v) is 8.69. The number of amides is 2. The summed E-state index contributed by atoms with van der Waals surface area (Å²) >= 11 is 0. The summed E-state index contributed by atoms with van der Waals surface area (Å²) < 4.78 is 0. The van der Waals surface area contributed by atoms with Crippen molar-refractivity contribution in [3.05, 3.63) is 65.2 Å². The minimum absolute atomic E-state index is 0.105. The Labute approximate surface area is 149 Å². The van der Waals surface area contributed by atoms with E-state index in [0.29, 0.717) is 30.1 Å². The normalized spacial score (nSPS) is 10.6. The monoisotopic (exact) mass is 338 g/mol. The van der Waals surface area contributed by atoms with Crippen molar-refractivity contribution in [1.29, 1.82) is 0 Å². The van der Waals surface area contributed by atoms with Crippen molar-refractivity contribution >= 4 is 17.5 Å². The standard InChI is InChI=1S/C21H26N2O2/c1-5-23(19-11-6-8-16(4)12-19)21(25)18-10-7-9-17(13-18)20(24)22-14-15(2)3/h6-13,15H,5,14H2,1-4H3,(H,22,24). The first-order valence-electron chi connectivity index (χ1n) is 8.69. The number of nitrogens with zero attached hydrogens (tertiary/aromatic N) is 1. The first-order chi connectivity index (χ1) is 11.9. The molecule has 132 valence electrons. The second-order valence-electron chi connectivity index (χ2n) is 6.57. The highest BCUT2D eigenvalue weighted by Gasteiger charge is 2.17. The van der Waals surface area contributed by atoms with Crippen molar-refractivity contribution in [3.63, 3.8) is 0 Å². The molecule has 0 atom stereocenters. The zero-order valence-electron chi connectivity index (χ0n) is 15.4. The number of rotatable bonds is 6. The lowest BCUT2D eigenvalue weighted by molar-refractivity contribution is 0.0949. The van der Waals surface area contributed by atoms with E-state index in [1.165, 1.54) is 0 Å². The maximum atomic E-state index is 12.9. The van der Waals surface area contributed by atoms with Crippen molar-refractivity contribution in [3.8, 4) is 0 Å². The van der Waals surface area contributed by atoms with Crippen LogP contribution in [0.15, 0.2) is 48.5 Å². The fourth-order valence-electron chi connectivity index (χ4n) is 2.59. The molecule has 0 saturated heterocycles. The van der Waals surface area contributed by atoms with Crippen LogP contribution >= 0.6 is 0 Å². The molecule has 0 bridgehead atoms. The van der Waals surface area contributed by atoms with Gasteiger partial charge < -0.3 is 10.2 Å². The number of hydrogen-bond acceptors (Lipinski definition) is 2. The molecular formula is C21H26N2O2. The van der Waals surface area contributed by atoms with Gasteiger partial charge in [-0.2, -0.15) is 0 Å². The number of benzene rings is 2. The van der Waals surface area contributed by atoms with E-state index < -0.39 is 0 Å². The Morgan fingerprint density at radius 2 is 1.72 bits per heavy atom. The molecule has 0 heterocycles. The Morgan fingerprint density at radius 1 is 1.04 bits per heavy atom. The van der Waals surface area contributed by atoms with Crippen LogP contribution in [-0.4, -0.2) is 24.9 Å². The molecule has 0 radical (unpaired) electrons. The van der Waals surface area contributed by atoms with Crippen LogP contribution in [0.1, 0.15) is 47.1 Å². The molecule has 0 saturated carbocycles. The van der Waals surface area contributed by atoms with Gasteiger partial charge in [0.05, 0.1) is 0 Å². The van der Waals surface area contributed by atoms with Gasteiger partial charge in [-0.1, -0.05) is 32.0 Å². The maximum absolute atomic E-state index is 12.9. The van der Waals surface area contributed by atoms with Crippen LogP contribution in [0, 0.1) is 12.8 Å². The summed E-state index contributed by atoms with van der Waals surface area (Å²) in [5, 5.41) is 2.88. The molecule has 0 spiro atoms. The molecule has 0 aromatic heterocycles. The molecule has 4 nitrogen and oxygen atoms in total. The second-order valence-corrected chi connectivity index (χ2v) is 6.57. The summed E-state index contributed by atoms with van der Waals surface area (Å²) in [6.07, 6.45) is 0. The van der Waals surface area contributed by atoms with Gasteiger partial charge in [-0.3, -0.25) is 9.59 Å². The van der Waals surface area contributed by atoms with E-state index in [1.54, 1.807) is 29.2 Å². The Hall–Kier alpha value is -2.62. The summed E-state index contributed by atoms with van der Waals surface area (Å²) in [6.45, 7) is 9.21. The number of anilines is 1. The number of nitrogens with one attached hydrogen (secondary N) is 1. The highest BCUT2D eigenvalue weighted by molar-refractivity contribution is 6.07. The van der Waals surface area contributed by atoms with Crippen molar-refractivity contribution in [2.75, 3.05) is 18.0 Å². The summed E-state index contributed by atoms with van der Waals surface area (Å²) in [5.74, 6) is 0.124. The van der Waals surface area contributed by atoms with Crippen LogP contribution in [0.2, 0.25) is 0 Å². The van der Waals surface area contributed by atoms with Gasteiger partial charge in [-0.25, -0.2) is 0 Å². The largest absolute Gasteiger partial charge is 0.352 e. The molecule has 0 unspecified atom stereocenters. The second kappa shape index (κ2) is 8.47. The predicted octanol–water partition coefficient (Wildman–Crippen LogP) is 4.05. The number of carbonyl (C=O) groups is 2. The number of aryl methyl sites for hydroxylation is 1. The third kappa shape index (κ3) is 4.92. The smallest absolute Gasteiger partial charge is 0.258 e. The van der Waals surface area contributed by atoms with E-state index in [0.717, 1.165) is 11.3 Å². The van der Waals surface area contributed by atoms with E-state index in [4.69, 9.17) is 0 Å². The van der Waals surface area contributed by atoms with Crippen molar-refractivity contribution in [2.24, 2.45) is 5.92 Å². The Balaban J connectivity index is 2.23. The average Bonchev–Trinajstić information content (AvgIpc) is 2.60. The fourth-order valence-corrected chi connectivity index (χ4v) is 2.59. The number of hydrogen-bond donors (Lipinski definition) is 1. The SMILES string of the molecule is CCN(C(=O)c1cccc(C(=O)NCC(C)C)c1)c1cccc(C)c1. The molecular weight excluding hydrogens is 312 g/mol. The Morgan fingerprint density at radius 3 is 2.36 bits per heavy atom. The molecule has 2 aromatic carbocycles. The van der Waals surface area contributed by atoms with Crippen LogP contribution in [0.4, 0.5) is 5.69 Å². The molecule has 0 aliphatic rings. The molecule has 25 heavy (non-hydrogen) atoms. The van der Waals surface area contributed by atoms with Crippen LogP contribution in [-0.2, 0) is 0 Å². The van der Waals surface area contributed by atoms with E-state index in [2.05, 4.69) is 5.32 Å². The van der Waals surface area contributed by atoms with Crippen LogP contribution in [0.25, 0.3) is 0 Å². The minimum atomic E-state index is -0.151. The Kier molecular flexibility index (Phi) is 6.34. The van der Waals surface area contributed by atoms with Crippen LogP contribution in [0.3, 0.4) is 0 Å². The van der Waals surface area contributed by atoms with E-state index in [-0.39, 0.29) is 11.8 Å². The topological polar surface area (TPSA) is 49.4 Å². The molecule has 2 aromatic rings. The lowest BCUT2D eigenvalue weighted by atomic mass is 10.1. The quantitative estimate of drug-likeness (QED) is 0.864. The fraction of sp³-hybridized carbons (Fsp3) is 0.333. The van der Waals surface area contributed by atoms with Crippen molar-refractivity contribution in [1.82, 2.24) is 5.32 Å². The first kappa shape index (κ1) is 18.7. The molecule has 0 fully saturated rings. The number of carbonyl (C=O) groups excluding carboxylic acids is 2. The van der Waals surface area contributed by atoms with Crippen LogP contribution < -0.4 is 10.2 Å². The Bertz CT molecular complexity index is 753. The third-order valence-corrected chi connectivity index (χ3v) is 3.92. The molecule has 4 heteroatoms. The van der Waals surface area contributed by atoms with Gasteiger partial charge in [0.25, 0.3) is 11.8 Å². The van der Waals surface area contributed by atoms with E-state index in [9.17, 15) is 9.59 Å². The van der Waals surface area contributed by atoms with Gasteiger partial charge >= 0.3 is 0 Å². The summed E-state index contributed by atoms with van der Waals surface area (Å²) in [5.41, 5.74) is 2.99. The zero-order chi connectivity index (χ0) is 18.4. The summed E-state index contributed by atoms with van der Waals surface area (Å²) in [4.78, 5) is 26.9. The van der Waals surface area contributed by atoms with Gasteiger partial charge in [-0.15, -0.1) is 0 Å². The lowest BCUT2D eigenvalue weighted by Crippen LogP contribution is -2.31. The van der Waals surface area contributed by atoms with Crippen molar-refractivity contribution in [2.45, 2.75) is 27.7 Å². The van der Waals surface area contributed by atoms with Gasteiger partial charge in [0.15, 0.2) is 0 Å². The average molecular weight is 338 g/mol. The van der Waals surface area contributed by atoms with Gasteiger partial charge in [0.2, 0.25) is 0 Å². The lowest BCUT2D eigenvalue weighted by Gasteiger charge is -2.22. The molecule has 0 aliphatic heterocycles. The van der Waals surface area contributed by atoms with Crippen LogP contribution in [0.5, 0.6) is 0 Å². The third-order valence-electron chi connectivity index (χ3n) is 3.92. The minimum Gasteiger partial charge on any atom is -0.352 e. The van der Waals surface area contributed by atoms with E-state index in [1.807, 2.05) is 52.0 Å². The predicted molar refractivity (Wildman–Crippen MR) is 102 cm³/mol. The summed E-state index contributed by atoms with van der Waals surface area (Å²) in [7, 11) is 0. The molecule has 0 aliphatic carbocycles. The highest BCUT2D eigenvalue weighted by Crippen LogP contribution is 2.19. The van der Waals surface area contributed by atoms with E-state index >= 15 is 0 Å².